The molecular formula is C27H29ClFN5O. The van der Waals surface area contributed by atoms with Gasteiger partial charge >= 0.3 is 0 Å². The van der Waals surface area contributed by atoms with Crippen molar-refractivity contribution in [3.05, 3.63) is 108 Å². The molecule has 8 heteroatoms. The highest BCUT2D eigenvalue weighted by Crippen LogP contribution is 2.27. The Labute approximate surface area is 209 Å². The molecule has 0 bridgehead atoms. The predicted molar refractivity (Wildman–Crippen MR) is 139 cm³/mol. The molecule has 1 fully saturated rings. The van der Waals surface area contributed by atoms with E-state index >= 15 is 0 Å². The summed E-state index contributed by atoms with van der Waals surface area (Å²) in [5, 5.41) is 14.8. The third kappa shape index (κ3) is 5.99. The number of hydrogen-bond acceptors (Lipinski definition) is 5. The van der Waals surface area contributed by atoms with Crippen LogP contribution in [-0.2, 0) is 0 Å². The number of hydrogen-bond donors (Lipinski definition) is 2. The molecule has 0 amide bonds. The van der Waals surface area contributed by atoms with Gasteiger partial charge in [-0.1, -0.05) is 36.9 Å². The van der Waals surface area contributed by atoms with Gasteiger partial charge in [0.15, 0.2) is 0 Å². The van der Waals surface area contributed by atoms with Crippen LogP contribution >= 0.6 is 11.6 Å². The number of nitrogens with zero attached hydrogens (tertiary/aromatic N) is 4. The fourth-order valence-corrected chi connectivity index (χ4v) is 4.43. The molecule has 2 aromatic heterocycles. The van der Waals surface area contributed by atoms with Crippen LogP contribution in [-0.4, -0.2) is 44.2 Å². The van der Waals surface area contributed by atoms with Crippen molar-refractivity contribution in [2.24, 2.45) is 4.99 Å². The summed E-state index contributed by atoms with van der Waals surface area (Å²) in [5.74, 6) is -0.332. The molecule has 1 aliphatic heterocycles. The Morgan fingerprint density at radius 3 is 2.97 bits per heavy atom. The highest BCUT2D eigenvalue weighted by atomic mass is 35.5. The fourth-order valence-electron chi connectivity index (χ4n) is 4.24. The number of rotatable bonds is 8. The van der Waals surface area contributed by atoms with Gasteiger partial charge in [-0.05, 0) is 55.7 Å². The Morgan fingerprint density at radius 2 is 2.17 bits per heavy atom. The van der Waals surface area contributed by atoms with Crippen molar-refractivity contribution in [2.75, 3.05) is 13.1 Å². The molecule has 2 atom stereocenters. The number of fused-ring (bicyclic) bond motifs is 1. The fraction of sp³-hybridized carbons (Fsp3) is 0.259. The summed E-state index contributed by atoms with van der Waals surface area (Å²) >= 11 is 6.07. The van der Waals surface area contributed by atoms with Crippen LogP contribution in [0.15, 0.2) is 90.6 Å². The van der Waals surface area contributed by atoms with Gasteiger partial charge in [-0.2, -0.15) is 0 Å². The zero-order valence-corrected chi connectivity index (χ0v) is 20.4. The van der Waals surface area contributed by atoms with Crippen molar-refractivity contribution in [1.82, 2.24) is 19.6 Å². The molecule has 3 heterocycles. The number of halogens is 2. The summed E-state index contributed by atoms with van der Waals surface area (Å²) in [7, 11) is 0. The zero-order chi connectivity index (χ0) is 24.9. The van der Waals surface area contributed by atoms with E-state index in [2.05, 4.69) is 33.4 Å². The van der Waals surface area contributed by atoms with Crippen LogP contribution in [0.2, 0.25) is 5.02 Å². The molecule has 182 valence electrons. The standard InChI is InChI=1S/C27H29ClFN5O/c1-18(11-12-30-19(2)25-15-31-26-10-9-23(29)16-34(25)26)32-24-8-5-13-33(17-24)20(3)27(35)21-6-4-7-22(28)14-21/h4,6-7,9-12,14-16,24,27,32,35H,1,3,5,8,13,17H2,2H3/b12-11-,30-19+/t24-,27+/m1/s1. The first-order valence-corrected chi connectivity index (χ1v) is 11.9. The highest BCUT2D eigenvalue weighted by Gasteiger charge is 2.24. The molecule has 0 unspecified atom stereocenters. The number of aliphatic hydroxyl groups excluding tert-OH is 1. The van der Waals surface area contributed by atoms with E-state index in [1.807, 2.05) is 25.1 Å². The van der Waals surface area contributed by atoms with Gasteiger partial charge in [0.1, 0.15) is 17.6 Å². The van der Waals surface area contributed by atoms with Gasteiger partial charge in [0.05, 0.1) is 17.6 Å². The summed E-state index contributed by atoms with van der Waals surface area (Å²) < 4.78 is 15.3. The molecule has 1 saturated heterocycles. The lowest BCUT2D eigenvalue weighted by Crippen LogP contribution is -2.45. The summed E-state index contributed by atoms with van der Waals surface area (Å²) in [5.41, 5.74) is 4.22. The van der Waals surface area contributed by atoms with Crippen LogP contribution in [0.4, 0.5) is 4.39 Å². The smallest absolute Gasteiger partial charge is 0.139 e. The Kier molecular flexibility index (Phi) is 7.68. The molecule has 0 aliphatic carbocycles. The van der Waals surface area contributed by atoms with E-state index in [9.17, 15) is 9.50 Å². The second kappa shape index (κ2) is 10.9. The van der Waals surface area contributed by atoms with Crippen LogP contribution in [0.3, 0.4) is 0 Å². The first-order chi connectivity index (χ1) is 16.8. The number of piperidine rings is 1. The van der Waals surface area contributed by atoms with E-state index in [4.69, 9.17) is 11.6 Å². The van der Waals surface area contributed by atoms with Crippen molar-refractivity contribution in [3.63, 3.8) is 0 Å². The number of allylic oxidation sites excluding steroid dienone is 1. The first-order valence-electron chi connectivity index (χ1n) is 11.5. The van der Waals surface area contributed by atoms with E-state index in [0.717, 1.165) is 36.3 Å². The van der Waals surface area contributed by atoms with Crippen LogP contribution in [0.25, 0.3) is 5.65 Å². The van der Waals surface area contributed by atoms with Gasteiger partial charge in [-0.3, -0.25) is 9.39 Å². The second-order valence-corrected chi connectivity index (χ2v) is 9.09. The van der Waals surface area contributed by atoms with E-state index in [0.29, 0.717) is 28.6 Å². The average molecular weight is 494 g/mol. The molecule has 2 N–H and O–H groups in total. The van der Waals surface area contributed by atoms with Gasteiger partial charge in [-0.25, -0.2) is 9.37 Å². The summed E-state index contributed by atoms with van der Waals surface area (Å²) in [4.78, 5) is 10.9. The normalized spacial score (nSPS) is 17.7. The number of imidazole rings is 1. The lowest BCUT2D eigenvalue weighted by atomic mass is 10.0. The van der Waals surface area contributed by atoms with Crippen LogP contribution in [0.5, 0.6) is 0 Å². The second-order valence-electron chi connectivity index (χ2n) is 8.65. The van der Waals surface area contributed by atoms with Gasteiger partial charge in [-0.15, -0.1) is 0 Å². The third-order valence-corrected chi connectivity index (χ3v) is 6.32. The summed E-state index contributed by atoms with van der Waals surface area (Å²) in [6.45, 7) is 11.6. The minimum Gasteiger partial charge on any atom is -0.382 e. The number of nitrogens with one attached hydrogen (secondary N) is 1. The molecule has 0 radical (unpaired) electrons. The molecule has 1 aliphatic rings. The van der Waals surface area contributed by atoms with Crippen LogP contribution < -0.4 is 5.32 Å². The highest BCUT2D eigenvalue weighted by molar-refractivity contribution is 6.30. The van der Waals surface area contributed by atoms with E-state index in [-0.39, 0.29) is 11.9 Å². The van der Waals surface area contributed by atoms with Crippen LogP contribution in [0, 0.1) is 5.82 Å². The lowest BCUT2D eigenvalue weighted by molar-refractivity contribution is 0.144. The Balaban J connectivity index is 1.34. The van der Waals surface area contributed by atoms with Crippen LogP contribution in [0.1, 0.15) is 37.1 Å². The Morgan fingerprint density at radius 1 is 1.34 bits per heavy atom. The van der Waals surface area contributed by atoms with E-state index in [1.54, 1.807) is 35.0 Å². The molecule has 0 spiro atoms. The number of aromatic nitrogens is 2. The number of pyridine rings is 1. The Bertz CT molecular complexity index is 1300. The molecule has 3 aromatic rings. The van der Waals surface area contributed by atoms with Gasteiger partial charge in [0.2, 0.25) is 0 Å². The lowest BCUT2D eigenvalue weighted by Gasteiger charge is -2.37. The zero-order valence-electron chi connectivity index (χ0n) is 19.7. The average Bonchev–Trinajstić information content (AvgIpc) is 3.26. The van der Waals surface area contributed by atoms with Crippen molar-refractivity contribution in [2.45, 2.75) is 31.9 Å². The van der Waals surface area contributed by atoms with Crippen molar-refractivity contribution in [1.29, 1.82) is 0 Å². The van der Waals surface area contributed by atoms with Gasteiger partial charge in [0.25, 0.3) is 0 Å². The van der Waals surface area contributed by atoms with Gasteiger partial charge < -0.3 is 15.3 Å². The summed E-state index contributed by atoms with van der Waals surface area (Å²) in [6, 6.07) is 10.4. The first kappa shape index (κ1) is 24.7. The van der Waals surface area contributed by atoms with Crippen molar-refractivity contribution < 1.29 is 9.50 Å². The molecule has 0 saturated carbocycles. The largest absolute Gasteiger partial charge is 0.382 e. The SMILES string of the molecule is C=C(/C=C\N=C(/C)c1cnc2ccc(F)cn12)N[C@@H]1CCCN(C(=C)[C@H](O)c2cccc(Cl)c2)C1. The maximum atomic E-state index is 13.6. The Hall–Kier alpha value is -3.42. The number of likely N-dealkylation sites (tertiary alicyclic amines) is 1. The maximum absolute atomic E-state index is 13.6. The number of aliphatic imine (C=N–C) groups is 1. The van der Waals surface area contributed by atoms with E-state index in [1.165, 1.54) is 12.3 Å². The van der Waals surface area contributed by atoms with Gasteiger partial charge in [0, 0.05) is 47.9 Å². The number of benzene rings is 1. The minimum atomic E-state index is -0.805. The quantitative estimate of drug-likeness (QED) is 0.331. The number of aliphatic hydroxyl groups is 1. The maximum Gasteiger partial charge on any atom is 0.139 e. The van der Waals surface area contributed by atoms with E-state index < -0.39 is 6.10 Å². The molecular weight excluding hydrogens is 465 g/mol. The predicted octanol–water partition coefficient (Wildman–Crippen LogP) is 5.26. The summed E-state index contributed by atoms with van der Waals surface area (Å²) in [6.07, 6.45) is 7.70. The molecule has 1 aromatic carbocycles. The monoisotopic (exact) mass is 493 g/mol. The molecule has 6 nitrogen and oxygen atoms in total. The molecule has 4 rings (SSSR count). The topological polar surface area (TPSA) is 65.2 Å². The van der Waals surface area contributed by atoms with Crippen molar-refractivity contribution >= 4 is 23.0 Å². The minimum absolute atomic E-state index is 0.163. The van der Waals surface area contributed by atoms with Crippen molar-refractivity contribution in [3.8, 4) is 0 Å². The molecule has 35 heavy (non-hydrogen) atoms. The third-order valence-electron chi connectivity index (χ3n) is 6.08.